The van der Waals surface area contributed by atoms with Gasteiger partial charge in [0.25, 0.3) is 0 Å². The molecule has 1 aromatic carbocycles. The van der Waals surface area contributed by atoms with E-state index < -0.39 is 0 Å². The Morgan fingerprint density at radius 1 is 1.03 bits per heavy atom. The molecule has 180 valence electrons. The molecule has 0 amide bonds. The van der Waals surface area contributed by atoms with Gasteiger partial charge in [0, 0.05) is 59.0 Å². The number of ether oxygens (including phenoxy) is 2. The molecule has 0 unspecified atom stereocenters. The summed E-state index contributed by atoms with van der Waals surface area (Å²) in [7, 11) is 5.60. The highest BCUT2D eigenvalue weighted by molar-refractivity contribution is 14.0. The molecule has 0 saturated carbocycles. The van der Waals surface area contributed by atoms with E-state index in [9.17, 15) is 0 Å². The number of nitrogens with one attached hydrogen (secondary N) is 2. The molecular formula is C23H44IN5O2. The minimum absolute atomic E-state index is 0. The van der Waals surface area contributed by atoms with E-state index >= 15 is 0 Å². The molecule has 31 heavy (non-hydrogen) atoms. The van der Waals surface area contributed by atoms with Crippen molar-refractivity contribution in [1.29, 1.82) is 0 Å². The first-order chi connectivity index (χ1) is 14.4. The third-order valence-corrected chi connectivity index (χ3v) is 4.99. The summed E-state index contributed by atoms with van der Waals surface area (Å²) < 4.78 is 11.0. The Morgan fingerprint density at radius 3 is 2.32 bits per heavy atom. The Hall–Kier alpha value is -1.10. The number of aliphatic imine (C=N–C) groups is 1. The summed E-state index contributed by atoms with van der Waals surface area (Å²) in [4.78, 5) is 9.00. The highest BCUT2D eigenvalue weighted by atomic mass is 127. The lowest BCUT2D eigenvalue weighted by Gasteiger charge is -2.30. The lowest BCUT2D eigenvalue weighted by molar-refractivity contribution is 0.150. The molecule has 0 spiro atoms. The molecule has 0 heterocycles. The van der Waals surface area contributed by atoms with E-state index in [1.807, 2.05) is 12.1 Å². The second kappa shape index (κ2) is 17.5. The Labute approximate surface area is 207 Å². The van der Waals surface area contributed by atoms with Gasteiger partial charge in [0.15, 0.2) is 5.96 Å². The van der Waals surface area contributed by atoms with Gasteiger partial charge in [0.1, 0.15) is 12.4 Å². The fraction of sp³-hybridized carbons (Fsp3) is 0.696. The van der Waals surface area contributed by atoms with E-state index in [2.05, 4.69) is 72.3 Å². The van der Waals surface area contributed by atoms with E-state index in [1.165, 1.54) is 0 Å². The van der Waals surface area contributed by atoms with Crippen LogP contribution in [0, 0.1) is 0 Å². The third kappa shape index (κ3) is 13.1. The van der Waals surface area contributed by atoms with Gasteiger partial charge in [0.2, 0.25) is 0 Å². The van der Waals surface area contributed by atoms with Gasteiger partial charge in [0.05, 0.1) is 6.61 Å². The Morgan fingerprint density at radius 2 is 1.71 bits per heavy atom. The van der Waals surface area contributed by atoms with E-state index in [0.717, 1.165) is 50.1 Å². The van der Waals surface area contributed by atoms with Gasteiger partial charge in [-0.3, -0.25) is 9.89 Å². The minimum Gasteiger partial charge on any atom is -0.492 e. The first-order valence-electron chi connectivity index (χ1n) is 11.0. The van der Waals surface area contributed by atoms with Crippen LogP contribution in [0.5, 0.6) is 5.75 Å². The van der Waals surface area contributed by atoms with Crippen molar-refractivity contribution in [2.24, 2.45) is 4.99 Å². The second-order valence-electron chi connectivity index (χ2n) is 8.07. The zero-order valence-corrected chi connectivity index (χ0v) is 22.8. The molecule has 0 bridgehead atoms. The predicted octanol–water partition coefficient (Wildman–Crippen LogP) is 3.05. The van der Waals surface area contributed by atoms with Crippen molar-refractivity contribution in [3.05, 3.63) is 29.8 Å². The zero-order chi connectivity index (χ0) is 22.4. The van der Waals surface area contributed by atoms with Gasteiger partial charge in [-0.15, -0.1) is 24.0 Å². The Bertz CT molecular complexity index is 605. The molecule has 0 saturated heterocycles. The van der Waals surface area contributed by atoms with Crippen LogP contribution in [0.2, 0.25) is 0 Å². The van der Waals surface area contributed by atoms with Crippen molar-refractivity contribution < 1.29 is 9.47 Å². The van der Waals surface area contributed by atoms with Crippen LogP contribution in [0.25, 0.3) is 0 Å². The number of guanidine groups is 1. The summed E-state index contributed by atoms with van der Waals surface area (Å²) in [6.45, 7) is 14.6. The number of hydrogen-bond donors (Lipinski definition) is 2. The summed E-state index contributed by atoms with van der Waals surface area (Å²) in [5.74, 6) is 1.70. The standard InChI is InChI=1S/C23H43N5O2.HI/c1-19(2)28(20(3)4)12-11-25-23(24-5)26-18-21-9-8-10-22(17-21)30-16-14-27(6)13-15-29-7;/h8-10,17,19-20H,11-16,18H2,1-7H3,(H2,24,25,26);1H. The average molecular weight is 550 g/mol. The number of benzene rings is 1. The molecule has 8 heteroatoms. The molecule has 0 fully saturated rings. The maximum Gasteiger partial charge on any atom is 0.191 e. The number of likely N-dealkylation sites (N-methyl/N-ethyl adjacent to an activating group) is 1. The predicted molar refractivity (Wildman–Crippen MR) is 142 cm³/mol. The van der Waals surface area contributed by atoms with Crippen LogP contribution in [0.3, 0.4) is 0 Å². The first kappa shape index (κ1) is 29.9. The summed E-state index contributed by atoms with van der Waals surface area (Å²) in [5, 5.41) is 6.79. The summed E-state index contributed by atoms with van der Waals surface area (Å²) in [6, 6.07) is 9.26. The highest BCUT2D eigenvalue weighted by Gasteiger charge is 2.12. The van der Waals surface area contributed by atoms with Crippen LogP contribution in [0.4, 0.5) is 0 Å². The number of methoxy groups -OCH3 is 1. The minimum atomic E-state index is 0. The van der Waals surface area contributed by atoms with Gasteiger partial charge in [-0.1, -0.05) is 12.1 Å². The number of rotatable bonds is 14. The van der Waals surface area contributed by atoms with E-state index in [4.69, 9.17) is 9.47 Å². The molecule has 1 rings (SSSR count). The van der Waals surface area contributed by atoms with Crippen molar-refractivity contribution in [2.45, 2.75) is 46.3 Å². The molecular weight excluding hydrogens is 505 g/mol. The quantitative estimate of drug-likeness (QED) is 0.212. The molecule has 0 aliphatic heterocycles. The molecule has 2 N–H and O–H groups in total. The zero-order valence-electron chi connectivity index (χ0n) is 20.5. The first-order valence-corrected chi connectivity index (χ1v) is 11.0. The van der Waals surface area contributed by atoms with Gasteiger partial charge in [-0.2, -0.15) is 0 Å². The van der Waals surface area contributed by atoms with Gasteiger partial charge in [-0.25, -0.2) is 0 Å². The lowest BCUT2D eigenvalue weighted by atomic mass is 10.2. The fourth-order valence-electron chi connectivity index (χ4n) is 3.25. The maximum atomic E-state index is 5.90. The summed E-state index contributed by atoms with van der Waals surface area (Å²) in [6.07, 6.45) is 0. The largest absolute Gasteiger partial charge is 0.492 e. The van der Waals surface area contributed by atoms with Crippen molar-refractivity contribution in [3.8, 4) is 5.75 Å². The van der Waals surface area contributed by atoms with Gasteiger partial charge in [-0.05, 0) is 52.4 Å². The number of hydrogen-bond acceptors (Lipinski definition) is 5. The monoisotopic (exact) mass is 549 g/mol. The molecule has 7 nitrogen and oxygen atoms in total. The average Bonchev–Trinajstić information content (AvgIpc) is 2.71. The van der Waals surface area contributed by atoms with Crippen LogP contribution in [0.15, 0.2) is 29.3 Å². The number of halogens is 1. The van der Waals surface area contributed by atoms with Crippen LogP contribution in [-0.2, 0) is 11.3 Å². The topological polar surface area (TPSA) is 61.4 Å². The SMILES string of the molecule is CN=C(NCCN(C(C)C)C(C)C)NCc1cccc(OCCN(C)CCOC)c1.I. The normalized spacial score (nSPS) is 11.9. The molecule has 1 aromatic rings. The van der Waals surface area contributed by atoms with Crippen molar-refractivity contribution in [1.82, 2.24) is 20.4 Å². The molecule has 0 aromatic heterocycles. The van der Waals surface area contributed by atoms with Crippen LogP contribution >= 0.6 is 24.0 Å². The molecule has 0 atom stereocenters. The van der Waals surface area contributed by atoms with E-state index in [0.29, 0.717) is 25.2 Å². The van der Waals surface area contributed by atoms with Crippen LogP contribution in [-0.4, -0.2) is 88.4 Å². The van der Waals surface area contributed by atoms with Crippen LogP contribution < -0.4 is 15.4 Å². The van der Waals surface area contributed by atoms with E-state index in [1.54, 1.807) is 14.2 Å². The summed E-state index contributed by atoms with van der Waals surface area (Å²) in [5.41, 5.74) is 1.16. The molecule has 0 aliphatic carbocycles. The molecule has 0 aliphatic rings. The van der Waals surface area contributed by atoms with Crippen molar-refractivity contribution >= 4 is 29.9 Å². The van der Waals surface area contributed by atoms with Crippen molar-refractivity contribution in [3.63, 3.8) is 0 Å². The van der Waals surface area contributed by atoms with E-state index in [-0.39, 0.29) is 24.0 Å². The Balaban J connectivity index is 0.00000900. The smallest absolute Gasteiger partial charge is 0.191 e. The van der Waals surface area contributed by atoms with Crippen molar-refractivity contribution in [2.75, 3.05) is 60.6 Å². The summed E-state index contributed by atoms with van der Waals surface area (Å²) >= 11 is 0. The van der Waals surface area contributed by atoms with Gasteiger partial charge >= 0.3 is 0 Å². The lowest BCUT2D eigenvalue weighted by Crippen LogP contribution is -2.45. The highest BCUT2D eigenvalue weighted by Crippen LogP contribution is 2.13. The fourth-order valence-corrected chi connectivity index (χ4v) is 3.25. The maximum absolute atomic E-state index is 5.90. The van der Waals surface area contributed by atoms with Crippen LogP contribution in [0.1, 0.15) is 33.3 Å². The number of nitrogens with zero attached hydrogens (tertiary/aromatic N) is 3. The third-order valence-electron chi connectivity index (χ3n) is 4.99. The molecule has 0 radical (unpaired) electrons. The Kier molecular flexibility index (Phi) is 16.8. The second-order valence-corrected chi connectivity index (χ2v) is 8.07. The van der Waals surface area contributed by atoms with Gasteiger partial charge < -0.3 is 25.0 Å².